The highest BCUT2D eigenvalue weighted by atomic mass is 79.9. The van der Waals surface area contributed by atoms with Crippen LogP contribution in [-0.4, -0.2) is 24.8 Å². The molecule has 0 spiro atoms. The molecule has 124 valence electrons. The van der Waals surface area contributed by atoms with Gasteiger partial charge in [0, 0.05) is 34.8 Å². The summed E-state index contributed by atoms with van der Waals surface area (Å²) in [5, 5.41) is 9.72. The molecule has 0 unspecified atom stereocenters. The smallest absolute Gasteiger partial charge is 0.161 e. The first-order valence-corrected chi connectivity index (χ1v) is 8.52. The van der Waals surface area contributed by atoms with Crippen molar-refractivity contribution in [2.45, 2.75) is 25.2 Å². The first-order chi connectivity index (χ1) is 11.5. The molecule has 1 aromatic rings. The molecular formula is C18H18BrN3O2. The van der Waals surface area contributed by atoms with Crippen molar-refractivity contribution < 1.29 is 9.53 Å². The van der Waals surface area contributed by atoms with Gasteiger partial charge in [-0.2, -0.15) is 5.26 Å². The molecule has 2 aliphatic rings. The number of methoxy groups -OCH3 is 1. The molecule has 6 heteroatoms. The van der Waals surface area contributed by atoms with E-state index in [0.717, 1.165) is 28.6 Å². The summed E-state index contributed by atoms with van der Waals surface area (Å²) in [5.74, 6) is 0.633. The molecule has 0 saturated heterocycles. The van der Waals surface area contributed by atoms with Gasteiger partial charge in [-0.3, -0.25) is 4.79 Å². The van der Waals surface area contributed by atoms with E-state index in [0.29, 0.717) is 29.1 Å². The van der Waals surface area contributed by atoms with Crippen molar-refractivity contribution in [3.05, 3.63) is 50.9 Å². The molecule has 5 nitrogen and oxygen atoms in total. The number of hydrogen-bond donors (Lipinski definition) is 1. The highest BCUT2D eigenvalue weighted by Gasteiger charge is 2.39. The third-order valence-electron chi connectivity index (χ3n) is 4.67. The Morgan fingerprint density at radius 2 is 2.17 bits per heavy atom. The highest BCUT2D eigenvalue weighted by molar-refractivity contribution is 9.10. The van der Waals surface area contributed by atoms with Gasteiger partial charge in [-0.25, -0.2) is 0 Å². The number of benzene rings is 1. The van der Waals surface area contributed by atoms with Crippen molar-refractivity contribution in [1.82, 2.24) is 4.90 Å². The van der Waals surface area contributed by atoms with Gasteiger partial charge in [0.1, 0.15) is 11.6 Å². The molecule has 24 heavy (non-hydrogen) atoms. The SMILES string of the molecule is COc1ccc(Br)cc1[C@@H]1C(C#N)=C(N)N(C)C2=C1C(=O)CCC2. The molecule has 3 rings (SSSR count). The summed E-state index contributed by atoms with van der Waals surface area (Å²) >= 11 is 3.47. The number of nitriles is 1. The summed E-state index contributed by atoms with van der Waals surface area (Å²) in [4.78, 5) is 14.5. The van der Waals surface area contributed by atoms with Gasteiger partial charge >= 0.3 is 0 Å². The van der Waals surface area contributed by atoms with E-state index < -0.39 is 5.92 Å². The number of carbonyl (C=O) groups excluding carboxylic acids is 1. The van der Waals surface area contributed by atoms with E-state index in [1.165, 1.54) is 0 Å². The second-order valence-corrected chi connectivity index (χ2v) is 6.84. The number of hydrogen-bond acceptors (Lipinski definition) is 5. The topological polar surface area (TPSA) is 79.3 Å². The number of halogens is 1. The number of ketones is 1. The van der Waals surface area contributed by atoms with E-state index in [1.807, 2.05) is 25.2 Å². The molecule has 2 N–H and O–H groups in total. The maximum atomic E-state index is 12.7. The second-order valence-electron chi connectivity index (χ2n) is 5.93. The van der Waals surface area contributed by atoms with E-state index in [2.05, 4.69) is 22.0 Å². The lowest BCUT2D eigenvalue weighted by Gasteiger charge is -2.38. The molecule has 1 aliphatic heterocycles. The Hall–Kier alpha value is -2.26. The van der Waals surface area contributed by atoms with Crippen LogP contribution in [0.4, 0.5) is 0 Å². The molecule has 0 aromatic heterocycles. The largest absolute Gasteiger partial charge is 0.496 e. The quantitative estimate of drug-likeness (QED) is 0.842. The van der Waals surface area contributed by atoms with E-state index >= 15 is 0 Å². The van der Waals surface area contributed by atoms with E-state index in [1.54, 1.807) is 12.0 Å². The van der Waals surface area contributed by atoms with Crippen LogP contribution >= 0.6 is 15.9 Å². The Kier molecular flexibility index (Phi) is 4.37. The van der Waals surface area contributed by atoms with Crippen molar-refractivity contribution in [1.29, 1.82) is 5.26 Å². The molecular weight excluding hydrogens is 370 g/mol. The molecule has 0 amide bonds. The molecule has 0 radical (unpaired) electrons. The van der Waals surface area contributed by atoms with Crippen LogP contribution in [0.15, 0.2) is 45.3 Å². The number of allylic oxidation sites excluding steroid dienone is 3. The fraction of sp³-hybridized carbons (Fsp3) is 0.333. The van der Waals surface area contributed by atoms with Crippen molar-refractivity contribution in [3.8, 4) is 11.8 Å². The van der Waals surface area contributed by atoms with Crippen molar-refractivity contribution in [3.63, 3.8) is 0 Å². The maximum Gasteiger partial charge on any atom is 0.161 e. The standard InChI is InChI=1S/C18H18BrN3O2/c1-22-13-4-3-5-14(23)17(13)16(12(9-20)18(22)21)11-8-10(19)6-7-15(11)24-2/h6-8,16H,3-5,21H2,1-2H3/t16-/m1/s1. The molecule has 0 bridgehead atoms. The van der Waals surface area contributed by atoms with E-state index in [-0.39, 0.29) is 5.78 Å². The predicted octanol–water partition coefficient (Wildman–Crippen LogP) is 3.19. The zero-order valence-electron chi connectivity index (χ0n) is 13.6. The van der Waals surface area contributed by atoms with Crippen LogP contribution in [0.2, 0.25) is 0 Å². The van der Waals surface area contributed by atoms with Crippen LogP contribution in [0.1, 0.15) is 30.7 Å². The average Bonchev–Trinajstić information content (AvgIpc) is 2.58. The number of nitrogens with zero attached hydrogens (tertiary/aromatic N) is 2. The molecule has 1 heterocycles. The average molecular weight is 388 g/mol. The van der Waals surface area contributed by atoms with Gasteiger partial charge in [0.25, 0.3) is 0 Å². The third-order valence-corrected chi connectivity index (χ3v) is 5.16. The van der Waals surface area contributed by atoms with Crippen LogP contribution in [0.3, 0.4) is 0 Å². The van der Waals surface area contributed by atoms with Crippen LogP contribution in [-0.2, 0) is 4.79 Å². The van der Waals surface area contributed by atoms with Gasteiger partial charge in [-0.15, -0.1) is 0 Å². The van der Waals surface area contributed by atoms with Gasteiger partial charge in [-0.05, 0) is 31.0 Å². The van der Waals surface area contributed by atoms with Crippen molar-refractivity contribution >= 4 is 21.7 Å². The minimum atomic E-state index is -0.485. The van der Waals surface area contributed by atoms with E-state index in [9.17, 15) is 10.1 Å². The number of ether oxygens (including phenoxy) is 1. The fourth-order valence-electron chi connectivity index (χ4n) is 3.50. The number of carbonyl (C=O) groups is 1. The molecule has 0 fully saturated rings. The maximum absolute atomic E-state index is 12.7. The first kappa shape index (κ1) is 16.6. The minimum absolute atomic E-state index is 0.0791. The zero-order chi connectivity index (χ0) is 17.4. The van der Waals surface area contributed by atoms with Crippen molar-refractivity contribution in [2.24, 2.45) is 5.73 Å². The Balaban J connectivity index is 2.30. The van der Waals surface area contributed by atoms with Crippen LogP contribution in [0, 0.1) is 11.3 Å². The van der Waals surface area contributed by atoms with E-state index in [4.69, 9.17) is 10.5 Å². The summed E-state index contributed by atoms with van der Waals surface area (Å²) in [5.41, 5.74) is 8.98. The lowest BCUT2D eigenvalue weighted by atomic mass is 9.75. The predicted molar refractivity (Wildman–Crippen MR) is 93.9 cm³/mol. The minimum Gasteiger partial charge on any atom is -0.496 e. The van der Waals surface area contributed by atoms with Crippen molar-refractivity contribution in [2.75, 3.05) is 14.2 Å². The van der Waals surface area contributed by atoms with Gasteiger partial charge in [0.15, 0.2) is 5.78 Å². The molecule has 1 aromatic carbocycles. The summed E-state index contributed by atoms with van der Waals surface area (Å²) in [7, 11) is 3.40. The first-order valence-electron chi connectivity index (χ1n) is 7.72. The number of rotatable bonds is 2. The summed E-state index contributed by atoms with van der Waals surface area (Å²) in [6.45, 7) is 0. The normalized spacial score (nSPS) is 20.8. The summed E-state index contributed by atoms with van der Waals surface area (Å²) in [6, 6.07) is 7.81. The monoisotopic (exact) mass is 387 g/mol. The molecule has 0 saturated carbocycles. The van der Waals surface area contributed by atoms with Crippen LogP contribution in [0.25, 0.3) is 0 Å². The fourth-order valence-corrected chi connectivity index (χ4v) is 3.88. The van der Waals surface area contributed by atoms with Gasteiger partial charge in [0.2, 0.25) is 0 Å². The number of Topliss-reactive ketones (excluding diaryl/α,β-unsaturated/α-hetero) is 1. The lowest BCUT2D eigenvalue weighted by Crippen LogP contribution is -2.36. The Morgan fingerprint density at radius 3 is 2.83 bits per heavy atom. The Labute approximate surface area is 149 Å². The summed E-state index contributed by atoms with van der Waals surface area (Å²) in [6.07, 6.45) is 2.08. The van der Waals surface area contributed by atoms with Crippen LogP contribution in [0.5, 0.6) is 5.75 Å². The van der Waals surface area contributed by atoms with Gasteiger partial charge in [0.05, 0.1) is 24.7 Å². The third kappa shape index (κ3) is 2.49. The Bertz CT molecular complexity index is 820. The highest BCUT2D eigenvalue weighted by Crippen LogP contribution is 2.46. The lowest BCUT2D eigenvalue weighted by molar-refractivity contribution is -0.116. The van der Waals surface area contributed by atoms with Crippen LogP contribution < -0.4 is 10.5 Å². The van der Waals surface area contributed by atoms with Gasteiger partial charge in [-0.1, -0.05) is 15.9 Å². The molecule has 1 aliphatic carbocycles. The Morgan fingerprint density at radius 1 is 1.42 bits per heavy atom. The summed E-state index contributed by atoms with van der Waals surface area (Å²) < 4.78 is 6.34. The molecule has 1 atom stereocenters. The number of nitrogens with two attached hydrogens (primary N) is 1. The zero-order valence-corrected chi connectivity index (χ0v) is 15.2. The second kappa shape index (κ2) is 6.33. The van der Waals surface area contributed by atoms with Gasteiger partial charge < -0.3 is 15.4 Å².